The maximum Gasteiger partial charge on any atom is 0.227 e. The molecular weight excluding hydrogens is 288 g/mol. The van der Waals surface area contributed by atoms with E-state index in [1.807, 2.05) is 11.9 Å². The minimum Gasteiger partial charge on any atom is -0.342 e. The van der Waals surface area contributed by atoms with E-state index < -0.39 is 10.0 Å². The molecule has 122 valence electrons. The molecule has 0 aromatic carbocycles. The molecule has 6 heteroatoms. The number of piperidine rings is 1. The van der Waals surface area contributed by atoms with Gasteiger partial charge < -0.3 is 4.90 Å². The molecule has 2 rings (SSSR count). The van der Waals surface area contributed by atoms with Crippen molar-refractivity contribution in [3.8, 4) is 0 Å². The van der Waals surface area contributed by atoms with Gasteiger partial charge in [0.25, 0.3) is 0 Å². The van der Waals surface area contributed by atoms with Crippen molar-refractivity contribution >= 4 is 15.9 Å². The molecule has 0 spiro atoms. The van der Waals surface area contributed by atoms with E-state index in [1.54, 1.807) is 0 Å². The third-order valence-electron chi connectivity index (χ3n) is 5.11. The fraction of sp³-hybridized carbons (Fsp3) is 0.933. The van der Waals surface area contributed by atoms with Crippen LogP contribution in [0.25, 0.3) is 0 Å². The van der Waals surface area contributed by atoms with Crippen LogP contribution in [0.5, 0.6) is 0 Å². The number of sulfonamides is 1. The summed E-state index contributed by atoms with van der Waals surface area (Å²) in [6.07, 6.45) is 7.51. The zero-order chi connectivity index (χ0) is 15.6. The minimum absolute atomic E-state index is 0.127. The molecule has 2 fully saturated rings. The Balaban J connectivity index is 2.01. The summed E-state index contributed by atoms with van der Waals surface area (Å²) in [5.41, 5.74) is 0. The molecule has 1 saturated carbocycles. The lowest BCUT2D eigenvalue weighted by Gasteiger charge is -2.39. The third-order valence-corrected chi connectivity index (χ3v) is 6.38. The van der Waals surface area contributed by atoms with Crippen molar-refractivity contribution in [3.05, 3.63) is 0 Å². The van der Waals surface area contributed by atoms with Crippen LogP contribution in [0.15, 0.2) is 0 Å². The molecule has 0 aromatic heterocycles. The van der Waals surface area contributed by atoms with E-state index in [2.05, 4.69) is 6.92 Å². The van der Waals surface area contributed by atoms with Crippen molar-refractivity contribution in [3.63, 3.8) is 0 Å². The van der Waals surface area contributed by atoms with E-state index in [9.17, 15) is 13.2 Å². The predicted molar refractivity (Wildman–Crippen MR) is 83.3 cm³/mol. The standard InChI is InChI=1S/C15H28N2O3S/c1-12-7-4-5-9-14(12)16(2)15(18)13-8-6-10-17(11-13)21(3,19)20/h12-14H,4-11H2,1-3H3. The van der Waals surface area contributed by atoms with E-state index in [0.29, 0.717) is 25.0 Å². The van der Waals surface area contributed by atoms with Gasteiger partial charge >= 0.3 is 0 Å². The lowest BCUT2D eigenvalue weighted by atomic mass is 9.84. The normalized spacial score (nSPS) is 31.9. The lowest BCUT2D eigenvalue weighted by molar-refractivity contribution is -0.139. The average Bonchev–Trinajstić information content (AvgIpc) is 2.45. The highest BCUT2D eigenvalue weighted by molar-refractivity contribution is 7.88. The van der Waals surface area contributed by atoms with Gasteiger partial charge in [0.15, 0.2) is 0 Å². The molecule has 3 unspecified atom stereocenters. The molecule has 0 radical (unpaired) electrons. The number of nitrogens with zero attached hydrogens (tertiary/aromatic N) is 2. The van der Waals surface area contributed by atoms with E-state index >= 15 is 0 Å². The first-order chi connectivity index (χ1) is 9.80. The quantitative estimate of drug-likeness (QED) is 0.796. The van der Waals surface area contributed by atoms with Gasteiger partial charge in [-0.25, -0.2) is 12.7 Å². The second-order valence-electron chi connectivity index (χ2n) is 6.74. The maximum atomic E-state index is 12.7. The van der Waals surface area contributed by atoms with Gasteiger partial charge in [-0.2, -0.15) is 0 Å². The average molecular weight is 316 g/mol. The maximum absolute atomic E-state index is 12.7. The molecule has 0 bridgehead atoms. The summed E-state index contributed by atoms with van der Waals surface area (Å²) >= 11 is 0. The van der Waals surface area contributed by atoms with Crippen LogP contribution in [0.3, 0.4) is 0 Å². The Bertz CT molecular complexity index is 477. The molecule has 2 aliphatic rings. The van der Waals surface area contributed by atoms with Gasteiger partial charge in [0.2, 0.25) is 15.9 Å². The fourth-order valence-electron chi connectivity index (χ4n) is 3.77. The highest BCUT2D eigenvalue weighted by atomic mass is 32.2. The molecule has 1 aliphatic carbocycles. The van der Waals surface area contributed by atoms with Crippen molar-refractivity contribution in [1.29, 1.82) is 0 Å². The van der Waals surface area contributed by atoms with Gasteiger partial charge in [-0.1, -0.05) is 19.8 Å². The van der Waals surface area contributed by atoms with Gasteiger partial charge in [0.1, 0.15) is 0 Å². The number of hydrogen-bond donors (Lipinski definition) is 0. The SMILES string of the molecule is CC1CCCCC1N(C)C(=O)C1CCCN(S(C)(=O)=O)C1. The summed E-state index contributed by atoms with van der Waals surface area (Å²) < 4.78 is 24.8. The summed E-state index contributed by atoms with van der Waals surface area (Å²) in [6.45, 7) is 3.12. The molecule has 21 heavy (non-hydrogen) atoms. The lowest BCUT2D eigenvalue weighted by Crippen LogP contribution is -2.49. The molecule has 5 nitrogen and oxygen atoms in total. The van der Waals surface area contributed by atoms with Gasteiger partial charge in [-0.3, -0.25) is 4.79 Å². The van der Waals surface area contributed by atoms with Crippen LogP contribution in [0.2, 0.25) is 0 Å². The zero-order valence-electron chi connectivity index (χ0n) is 13.4. The summed E-state index contributed by atoms with van der Waals surface area (Å²) in [4.78, 5) is 14.6. The monoisotopic (exact) mass is 316 g/mol. The molecule has 1 saturated heterocycles. The fourth-order valence-corrected chi connectivity index (χ4v) is 4.68. The predicted octanol–water partition coefficient (Wildman–Crippen LogP) is 1.70. The van der Waals surface area contributed by atoms with Gasteiger partial charge in [-0.15, -0.1) is 0 Å². The van der Waals surface area contributed by atoms with Gasteiger partial charge in [0, 0.05) is 26.2 Å². The van der Waals surface area contributed by atoms with Crippen LogP contribution in [0.1, 0.15) is 45.4 Å². The molecule has 1 aliphatic heterocycles. The minimum atomic E-state index is -3.19. The highest BCUT2D eigenvalue weighted by Gasteiger charge is 2.35. The summed E-state index contributed by atoms with van der Waals surface area (Å²) in [7, 11) is -1.29. The summed E-state index contributed by atoms with van der Waals surface area (Å²) in [5, 5.41) is 0. The Labute approximate surface area is 128 Å². The second-order valence-corrected chi connectivity index (χ2v) is 8.72. The van der Waals surface area contributed by atoms with E-state index in [1.165, 1.54) is 29.8 Å². The van der Waals surface area contributed by atoms with Crippen molar-refractivity contribution in [1.82, 2.24) is 9.21 Å². The number of rotatable bonds is 3. The number of hydrogen-bond acceptors (Lipinski definition) is 3. The number of carbonyl (C=O) groups is 1. The van der Waals surface area contributed by atoms with Crippen LogP contribution in [0, 0.1) is 11.8 Å². The Morgan fingerprint density at radius 2 is 1.81 bits per heavy atom. The topological polar surface area (TPSA) is 57.7 Å². The van der Waals surface area contributed by atoms with Crippen LogP contribution in [-0.2, 0) is 14.8 Å². The third kappa shape index (κ3) is 3.97. The Morgan fingerprint density at radius 1 is 1.14 bits per heavy atom. The van der Waals surface area contributed by atoms with Crippen molar-refractivity contribution in [2.45, 2.75) is 51.5 Å². The van der Waals surface area contributed by atoms with Gasteiger partial charge in [-0.05, 0) is 31.6 Å². The number of amides is 1. The van der Waals surface area contributed by atoms with Gasteiger partial charge in [0.05, 0.1) is 12.2 Å². The first-order valence-corrected chi connectivity index (χ1v) is 9.87. The first-order valence-electron chi connectivity index (χ1n) is 8.02. The van der Waals surface area contributed by atoms with E-state index in [4.69, 9.17) is 0 Å². The largest absolute Gasteiger partial charge is 0.342 e. The Morgan fingerprint density at radius 3 is 2.43 bits per heavy atom. The smallest absolute Gasteiger partial charge is 0.227 e. The molecular formula is C15H28N2O3S. The molecule has 1 heterocycles. The Kier molecular flexibility index (Phi) is 5.30. The van der Waals surface area contributed by atoms with Crippen molar-refractivity contribution < 1.29 is 13.2 Å². The van der Waals surface area contributed by atoms with Crippen LogP contribution < -0.4 is 0 Å². The van der Waals surface area contributed by atoms with Crippen LogP contribution in [-0.4, -0.2) is 56.0 Å². The Hall–Kier alpha value is -0.620. The second kappa shape index (κ2) is 6.65. The van der Waals surface area contributed by atoms with E-state index in [0.717, 1.165) is 19.3 Å². The summed E-state index contributed by atoms with van der Waals surface area (Å²) in [5.74, 6) is 0.497. The number of carbonyl (C=O) groups excluding carboxylic acids is 1. The molecule has 0 aromatic rings. The van der Waals surface area contributed by atoms with Crippen LogP contribution >= 0.6 is 0 Å². The summed E-state index contributed by atoms with van der Waals surface area (Å²) in [6, 6.07) is 0.319. The molecule has 1 amide bonds. The molecule has 0 N–H and O–H groups in total. The zero-order valence-corrected chi connectivity index (χ0v) is 14.2. The van der Waals surface area contributed by atoms with Crippen molar-refractivity contribution in [2.24, 2.45) is 11.8 Å². The highest BCUT2D eigenvalue weighted by Crippen LogP contribution is 2.29. The molecule has 3 atom stereocenters. The van der Waals surface area contributed by atoms with Crippen LogP contribution in [0.4, 0.5) is 0 Å². The van der Waals surface area contributed by atoms with Crippen molar-refractivity contribution in [2.75, 3.05) is 26.4 Å². The first kappa shape index (κ1) is 16.7. The van der Waals surface area contributed by atoms with E-state index in [-0.39, 0.29) is 11.8 Å².